The summed E-state index contributed by atoms with van der Waals surface area (Å²) >= 11 is 0. The maximum absolute atomic E-state index is 9.03. The molecule has 0 aliphatic heterocycles. The lowest BCUT2D eigenvalue weighted by atomic mass is 10.1. The fourth-order valence-electron chi connectivity index (χ4n) is 2.07. The van der Waals surface area contributed by atoms with Gasteiger partial charge in [-0.1, -0.05) is 6.92 Å². The number of nitrogens with two attached hydrogens (primary N) is 1. The summed E-state index contributed by atoms with van der Waals surface area (Å²) in [5.74, 6) is 0. The van der Waals surface area contributed by atoms with Crippen LogP contribution in [-0.2, 0) is 0 Å². The van der Waals surface area contributed by atoms with Crippen LogP contribution in [0.25, 0.3) is 10.9 Å². The summed E-state index contributed by atoms with van der Waals surface area (Å²) in [6.07, 6.45) is 3.45. The zero-order valence-electron chi connectivity index (χ0n) is 10.6. The molecule has 0 saturated heterocycles. The van der Waals surface area contributed by atoms with E-state index < -0.39 is 0 Å². The standard InChI is InChI=1S/C14H19N3O/c1-2-10(7-9-18)17-13-6-5-12(15)11-4-3-8-16-14(11)13/h3-6,8,10,17-18H,2,7,9,15H2,1H3. The molecule has 1 aromatic heterocycles. The summed E-state index contributed by atoms with van der Waals surface area (Å²) in [4.78, 5) is 4.38. The van der Waals surface area contributed by atoms with Crippen molar-refractivity contribution in [2.24, 2.45) is 0 Å². The lowest BCUT2D eigenvalue weighted by Crippen LogP contribution is -2.20. The summed E-state index contributed by atoms with van der Waals surface area (Å²) in [6, 6.07) is 7.94. The first-order valence-corrected chi connectivity index (χ1v) is 6.27. The molecule has 0 amide bonds. The predicted molar refractivity (Wildman–Crippen MR) is 75.6 cm³/mol. The maximum Gasteiger partial charge on any atom is 0.0953 e. The second-order valence-electron chi connectivity index (χ2n) is 4.36. The molecule has 0 fully saturated rings. The Labute approximate surface area is 107 Å². The quantitative estimate of drug-likeness (QED) is 0.707. The molecule has 18 heavy (non-hydrogen) atoms. The average molecular weight is 245 g/mol. The number of aliphatic hydroxyl groups excluding tert-OH is 1. The molecule has 0 aliphatic carbocycles. The third kappa shape index (κ3) is 2.54. The minimum atomic E-state index is 0.186. The van der Waals surface area contributed by atoms with E-state index >= 15 is 0 Å². The molecule has 96 valence electrons. The second-order valence-corrected chi connectivity index (χ2v) is 4.36. The molecule has 0 bridgehead atoms. The van der Waals surface area contributed by atoms with Gasteiger partial charge in [-0.3, -0.25) is 4.98 Å². The van der Waals surface area contributed by atoms with Crippen LogP contribution in [0.5, 0.6) is 0 Å². The van der Waals surface area contributed by atoms with E-state index in [1.165, 1.54) is 0 Å². The first-order valence-electron chi connectivity index (χ1n) is 6.27. The number of hydrogen-bond acceptors (Lipinski definition) is 4. The molecular weight excluding hydrogens is 226 g/mol. The molecule has 4 heteroatoms. The van der Waals surface area contributed by atoms with E-state index in [1.807, 2.05) is 24.3 Å². The molecule has 0 spiro atoms. The Bertz CT molecular complexity index is 527. The fourth-order valence-corrected chi connectivity index (χ4v) is 2.07. The zero-order valence-corrected chi connectivity index (χ0v) is 10.6. The monoisotopic (exact) mass is 245 g/mol. The van der Waals surface area contributed by atoms with Crippen molar-refractivity contribution in [3.63, 3.8) is 0 Å². The van der Waals surface area contributed by atoms with Crippen molar-refractivity contribution in [1.82, 2.24) is 4.98 Å². The van der Waals surface area contributed by atoms with Gasteiger partial charge in [-0.05, 0) is 37.1 Å². The van der Waals surface area contributed by atoms with E-state index in [1.54, 1.807) is 6.20 Å². The van der Waals surface area contributed by atoms with Gasteiger partial charge in [0.15, 0.2) is 0 Å². The predicted octanol–water partition coefficient (Wildman–Crippen LogP) is 2.39. The van der Waals surface area contributed by atoms with Crippen molar-refractivity contribution in [3.05, 3.63) is 30.5 Å². The van der Waals surface area contributed by atoms with Gasteiger partial charge in [-0.15, -0.1) is 0 Å². The Morgan fingerprint density at radius 2 is 2.22 bits per heavy atom. The zero-order chi connectivity index (χ0) is 13.0. The smallest absolute Gasteiger partial charge is 0.0953 e. The van der Waals surface area contributed by atoms with Crippen LogP contribution in [-0.4, -0.2) is 22.7 Å². The molecule has 4 N–H and O–H groups in total. The number of nitrogens with zero attached hydrogens (tertiary/aromatic N) is 1. The third-order valence-electron chi connectivity index (χ3n) is 3.13. The van der Waals surface area contributed by atoms with Gasteiger partial charge >= 0.3 is 0 Å². The van der Waals surface area contributed by atoms with E-state index in [9.17, 15) is 0 Å². The number of rotatable bonds is 5. The van der Waals surface area contributed by atoms with E-state index in [-0.39, 0.29) is 12.6 Å². The maximum atomic E-state index is 9.03. The van der Waals surface area contributed by atoms with E-state index in [2.05, 4.69) is 17.2 Å². The summed E-state index contributed by atoms with van der Waals surface area (Å²) in [5, 5.41) is 13.4. The van der Waals surface area contributed by atoms with Crippen molar-refractivity contribution in [2.45, 2.75) is 25.8 Å². The number of aromatic nitrogens is 1. The Kier molecular flexibility index (Phi) is 3.99. The van der Waals surface area contributed by atoms with Crippen molar-refractivity contribution in [1.29, 1.82) is 0 Å². The number of hydrogen-bond donors (Lipinski definition) is 3. The molecule has 0 saturated carbocycles. The minimum Gasteiger partial charge on any atom is -0.398 e. The van der Waals surface area contributed by atoms with E-state index in [0.29, 0.717) is 0 Å². The van der Waals surface area contributed by atoms with Gasteiger partial charge < -0.3 is 16.2 Å². The van der Waals surface area contributed by atoms with Crippen LogP contribution >= 0.6 is 0 Å². The largest absolute Gasteiger partial charge is 0.398 e. The van der Waals surface area contributed by atoms with Crippen molar-refractivity contribution in [3.8, 4) is 0 Å². The van der Waals surface area contributed by atoms with Crippen LogP contribution in [0.3, 0.4) is 0 Å². The highest BCUT2D eigenvalue weighted by Crippen LogP contribution is 2.27. The first kappa shape index (κ1) is 12.6. The number of nitrogen functional groups attached to an aromatic ring is 1. The molecule has 0 radical (unpaired) electrons. The molecule has 4 nitrogen and oxygen atoms in total. The van der Waals surface area contributed by atoms with Gasteiger partial charge in [0.1, 0.15) is 0 Å². The Hall–Kier alpha value is -1.81. The lowest BCUT2D eigenvalue weighted by molar-refractivity contribution is 0.278. The molecule has 0 aliphatic rings. The summed E-state index contributed by atoms with van der Waals surface area (Å²) in [7, 11) is 0. The van der Waals surface area contributed by atoms with Crippen molar-refractivity contribution >= 4 is 22.3 Å². The summed E-state index contributed by atoms with van der Waals surface area (Å²) in [5.41, 5.74) is 8.53. The molecule has 1 atom stereocenters. The normalized spacial score (nSPS) is 12.6. The van der Waals surface area contributed by atoms with Crippen LogP contribution in [0.1, 0.15) is 19.8 Å². The van der Waals surface area contributed by atoms with Crippen LogP contribution < -0.4 is 11.1 Å². The van der Waals surface area contributed by atoms with Crippen LogP contribution in [0, 0.1) is 0 Å². The van der Waals surface area contributed by atoms with E-state index in [0.717, 1.165) is 35.1 Å². The van der Waals surface area contributed by atoms with Crippen molar-refractivity contribution in [2.75, 3.05) is 17.7 Å². The number of nitrogens with one attached hydrogen (secondary N) is 1. The fraction of sp³-hybridized carbons (Fsp3) is 0.357. The molecular formula is C14H19N3O. The van der Waals surface area contributed by atoms with Crippen LogP contribution in [0.15, 0.2) is 30.5 Å². The van der Waals surface area contributed by atoms with Gasteiger partial charge in [0.05, 0.1) is 11.2 Å². The minimum absolute atomic E-state index is 0.186. The molecule has 2 rings (SSSR count). The Balaban J connectivity index is 2.36. The van der Waals surface area contributed by atoms with Gasteiger partial charge in [-0.2, -0.15) is 0 Å². The Morgan fingerprint density at radius 1 is 1.39 bits per heavy atom. The Morgan fingerprint density at radius 3 is 2.94 bits per heavy atom. The SMILES string of the molecule is CCC(CCO)Nc1ccc(N)c2cccnc12. The summed E-state index contributed by atoms with van der Waals surface area (Å²) < 4.78 is 0. The highest BCUT2D eigenvalue weighted by Gasteiger charge is 2.09. The van der Waals surface area contributed by atoms with Crippen LogP contribution in [0.2, 0.25) is 0 Å². The molecule has 1 aromatic carbocycles. The molecule has 1 heterocycles. The molecule has 1 unspecified atom stereocenters. The number of anilines is 2. The number of benzene rings is 1. The topological polar surface area (TPSA) is 71.2 Å². The van der Waals surface area contributed by atoms with Gasteiger partial charge in [0.2, 0.25) is 0 Å². The summed E-state index contributed by atoms with van der Waals surface area (Å²) in [6.45, 7) is 2.28. The van der Waals surface area contributed by atoms with Crippen molar-refractivity contribution < 1.29 is 5.11 Å². The second kappa shape index (κ2) is 5.69. The number of aliphatic hydroxyl groups is 1. The highest BCUT2D eigenvalue weighted by molar-refractivity contribution is 5.98. The molecule has 2 aromatic rings. The first-order chi connectivity index (χ1) is 8.76. The lowest BCUT2D eigenvalue weighted by Gasteiger charge is -2.18. The van der Waals surface area contributed by atoms with Gasteiger partial charge in [0, 0.05) is 29.9 Å². The average Bonchev–Trinajstić information content (AvgIpc) is 2.41. The third-order valence-corrected chi connectivity index (χ3v) is 3.13. The van der Waals surface area contributed by atoms with E-state index in [4.69, 9.17) is 10.8 Å². The highest BCUT2D eigenvalue weighted by atomic mass is 16.3. The number of fused-ring (bicyclic) bond motifs is 1. The van der Waals surface area contributed by atoms with Crippen LogP contribution in [0.4, 0.5) is 11.4 Å². The number of pyridine rings is 1. The van der Waals surface area contributed by atoms with Gasteiger partial charge in [0.25, 0.3) is 0 Å². The van der Waals surface area contributed by atoms with Gasteiger partial charge in [-0.25, -0.2) is 0 Å².